The molecule has 0 aliphatic heterocycles. The van der Waals surface area contributed by atoms with E-state index in [1.165, 1.54) is 0 Å². The zero-order valence-corrected chi connectivity index (χ0v) is 14.3. The second-order valence-corrected chi connectivity index (χ2v) is 6.19. The van der Waals surface area contributed by atoms with E-state index in [-0.39, 0.29) is 18.6 Å². The van der Waals surface area contributed by atoms with Gasteiger partial charge < -0.3 is 14.8 Å². The summed E-state index contributed by atoms with van der Waals surface area (Å²) < 4.78 is 12.4. The molecule has 1 aliphatic rings. The molecule has 0 saturated heterocycles. The van der Waals surface area contributed by atoms with Gasteiger partial charge in [0.2, 0.25) is 5.88 Å². The van der Waals surface area contributed by atoms with E-state index in [1.54, 1.807) is 11.8 Å². The minimum Gasteiger partial charge on any atom is -0.497 e. The number of hydrogen-bond donors (Lipinski definition) is 1. The monoisotopic (exact) mass is 329 g/mol. The van der Waals surface area contributed by atoms with Crippen molar-refractivity contribution in [1.29, 1.82) is 0 Å². The molecule has 128 valence electrons. The van der Waals surface area contributed by atoms with Gasteiger partial charge in [0, 0.05) is 18.8 Å². The number of ether oxygens (including phenoxy) is 2. The molecule has 1 amide bonds. The van der Waals surface area contributed by atoms with Crippen LogP contribution in [0.25, 0.3) is 0 Å². The Morgan fingerprint density at radius 3 is 2.62 bits per heavy atom. The first kappa shape index (κ1) is 16.4. The number of rotatable bonds is 7. The lowest BCUT2D eigenvalue weighted by Gasteiger charge is -2.19. The fraction of sp³-hybridized carbons (Fsp3) is 0.444. The molecule has 0 bridgehead atoms. The number of nitrogens with one attached hydrogen (secondary N) is 1. The average Bonchev–Trinajstić information content (AvgIpc) is 3.37. The van der Waals surface area contributed by atoms with Crippen LogP contribution < -0.4 is 14.8 Å². The van der Waals surface area contributed by atoms with Crippen LogP contribution in [0.1, 0.15) is 30.1 Å². The topological polar surface area (TPSA) is 65.4 Å². The van der Waals surface area contributed by atoms with Gasteiger partial charge in [-0.1, -0.05) is 12.1 Å². The van der Waals surface area contributed by atoms with E-state index < -0.39 is 0 Å². The van der Waals surface area contributed by atoms with Gasteiger partial charge in [-0.3, -0.25) is 9.48 Å². The Morgan fingerprint density at radius 2 is 2.08 bits per heavy atom. The number of methoxy groups -OCH3 is 1. The maximum Gasteiger partial charge on any atom is 0.258 e. The highest BCUT2D eigenvalue weighted by Gasteiger charge is 2.33. The molecule has 3 rings (SSSR count). The largest absolute Gasteiger partial charge is 0.497 e. The molecule has 1 N–H and O–H groups in total. The summed E-state index contributed by atoms with van der Waals surface area (Å²) in [5.41, 5.74) is 2.08. The van der Waals surface area contributed by atoms with Crippen molar-refractivity contribution in [2.45, 2.75) is 25.8 Å². The van der Waals surface area contributed by atoms with Crippen molar-refractivity contribution in [3.05, 3.63) is 41.6 Å². The fourth-order valence-electron chi connectivity index (χ4n) is 2.67. The summed E-state index contributed by atoms with van der Waals surface area (Å²) in [4.78, 5) is 12.3. The molecule has 6 heteroatoms. The van der Waals surface area contributed by atoms with Crippen molar-refractivity contribution in [3.8, 4) is 11.6 Å². The van der Waals surface area contributed by atoms with Crippen LogP contribution in [-0.2, 0) is 11.8 Å². The zero-order valence-electron chi connectivity index (χ0n) is 14.3. The van der Waals surface area contributed by atoms with Gasteiger partial charge in [-0.05, 0) is 43.4 Å². The predicted octanol–water partition coefficient (Wildman–Crippen LogP) is 2.38. The summed E-state index contributed by atoms with van der Waals surface area (Å²) in [5, 5.41) is 7.27. The Bertz CT molecular complexity index is 685. The Hall–Kier alpha value is -2.50. The minimum atomic E-state index is -0.133. The molecule has 1 aromatic heterocycles. The summed E-state index contributed by atoms with van der Waals surface area (Å²) in [6.07, 6.45) is 2.27. The van der Waals surface area contributed by atoms with Crippen LogP contribution in [0.4, 0.5) is 0 Å². The van der Waals surface area contributed by atoms with Gasteiger partial charge in [-0.2, -0.15) is 0 Å². The lowest BCUT2D eigenvalue weighted by Crippen LogP contribution is -2.33. The van der Waals surface area contributed by atoms with Crippen molar-refractivity contribution in [3.63, 3.8) is 0 Å². The van der Waals surface area contributed by atoms with Crippen LogP contribution >= 0.6 is 0 Å². The molecule has 1 saturated carbocycles. The number of aromatic nitrogens is 2. The van der Waals surface area contributed by atoms with Crippen molar-refractivity contribution in [2.24, 2.45) is 13.0 Å². The number of aryl methyl sites for hydroxylation is 2. The molecule has 0 spiro atoms. The van der Waals surface area contributed by atoms with Gasteiger partial charge in [-0.25, -0.2) is 0 Å². The molecule has 24 heavy (non-hydrogen) atoms. The van der Waals surface area contributed by atoms with Gasteiger partial charge in [0.1, 0.15) is 5.75 Å². The van der Waals surface area contributed by atoms with Crippen LogP contribution in [-0.4, -0.2) is 29.4 Å². The fourth-order valence-corrected chi connectivity index (χ4v) is 2.67. The first-order valence-electron chi connectivity index (χ1n) is 8.13. The third-order valence-electron chi connectivity index (χ3n) is 4.33. The summed E-state index contributed by atoms with van der Waals surface area (Å²) in [6, 6.07) is 9.69. The summed E-state index contributed by atoms with van der Waals surface area (Å²) >= 11 is 0. The van der Waals surface area contributed by atoms with E-state index in [0.29, 0.717) is 11.8 Å². The summed E-state index contributed by atoms with van der Waals surface area (Å²) in [5.74, 6) is 1.65. The lowest BCUT2D eigenvalue weighted by molar-refractivity contribution is -0.124. The number of amides is 1. The predicted molar refractivity (Wildman–Crippen MR) is 90.0 cm³/mol. The van der Waals surface area contributed by atoms with Crippen molar-refractivity contribution >= 4 is 5.91 Å². The molecule has 1 atom stereocenters. The molecule has 0 unspecified atom stereocenters. The molecule has 0 radical (unpaired) electrons. The summed E-state index contributed by atoms with van der Waals surface area (Å²) in [6.45, 7) is 1.91. The highest BCUT2D eigenvalue weighted by molar-refractivity contribution is 5.78. The molecule has 2 aromatic rings. The second kappa shape index (κ2) is 6.95. The SMILES string of the molecule is COc1ccc([C@@H](NC(=O)COc2cc(C)n(C)n2)C2CC2)cc1. The van der Waals surface area contributed by atoms with Crippen molar-refractivity contribution in [1.82, 2.24) is 15.1 Å². The van der Waals surface area contributed by atoms with Gasteiger partial charge in [0.15, 0.2) is 6.61 Å². The van der Waals surface area contributed by atoms with E-state index in [0.717, 1.165) is 29.8 Å². The van der Waals surface area contributed by atoms with Crippen LogP contribution in [0.2, 0.25) is 0 Å². The van der Waals surface area contributed by atoms with Gasteiger partial charge >= 0.3 is 0 Å². The smallest absolute Gasteiger partial charge is 0.258 e. The molecule has 1 fully saturated rings. The average molecular weight is 329 g/mol. The number of benzene rings is 1. The third kappa shape index (κ3) is 3.88. The molecule has 6 nitrogen and oxygen atoms in total. The molecular formula is C18H23N3O3. The van der Waals surface area contributed by atoms with E-state index in [1.807, 2.05) is 44.3 Å². The Labute approximate surface area is 141 Å². The molecular weight excluding hydrogens is 306 g/mol. The highest BCUT2D eigenvalue weighted by Crippen LogP contribution is 2.41. The molecule has 1 heterocycles. The Balaban J connectivity index is 1.59. The lowest BCUT2D eigenvalue weighted by atomic mass is 10.0. The minimum absolute atomic E-state index is 0.0254. The normalized spacial score (nSPS) is 15.0. The van der Waals surface area contributed by atoms with Crippen LogP contribution in [0, 0.1) is 12.8 Å². The van der Waals surface area contributed by atoms with E-state index in [4.69, 9.17) is 9.47 Å². The second-order valence-electron chi connectivity index (χ2n) is 6.19. The van der Waals surface area contributed by atoms with E-state index >= 15 is 0 Å². The van der Waals surface area contributed by atoms with Gasteiger partial charge in [0.05, 0.1) is 13.2 Å². The van der Waals surface area contributed by atoms with Crippen LogP contribution in [0.3, 0.4) is 0 Å². The first-order valence-corrected chi connectivity index (χ1v) is 8.13. The van der Waals surface area contributed by atoms with Gasteiger partial charge in [0.25, 0.3) is 5.91 Å². The Kier molecular flexibility index (Phi) is 4.74. The zero-order chi connectivity index (χ0) is 17.1. The molecule has 1 aliphatic carbocycles. The number of nitrogens with zero attached hydrogens (tertiary/aromatic N) is 2. The summed E-state index contributed by atoms with van der Waals surface area (Å²) in [7, 11) is 3.49. The van der Waals surface area contributed by atoms with Crippen LogP contribution in [0.15, 0.2) is 30.3 Å². The first-order chi connectivity index (χ1) is 11.6. The maximum atomic E-state index is 12.3. The number of carbonyl (C=O) groups excluding carboxylic acids is 1. The number of hydrogen-bond acceptors (Lipinski definition) is 4. The maximum absolute atomic E-state index is 12.3. The van der Waals surface area contributed by atoms with Crippen LogP contribution in [0.5, 0.6) is 11.6 Å². The highest BCUT2D eigenvalue weighted by atomic mass is 16.5. The van der Waals surface area contributed by atoms with Gasteiger partial charge in [-0.15, -0.1) is 5.10 Å². The number of carbonyl (C=O) groups is 1. The molecule has 1 aromatic carbocycles. The third-order valence-corrected chi connectivity index (χ3v) is 4.33. The standard InChI is InChI=1S/C18H23N3O3/c1-12-10-17(20-21(12)2)24-11-16(22)19-18(13-4-5-13)14-6-8-15(23-3)9-7-14/h6-10,13,18H,4-5,11H2,1-3H3,(H,19,22)/t18-/m0/s1. The Morgan fingerprint density at radius 1 is 1.38 bits per heavy atom. The van der Waals surface area contributed by atoms with E-state index in [2.05, 4.69) is 10.4 Å². The van der Waals surface area contributed by atoms with Crippen molar-refractivity contribution < 1.29 is 14.3 Å². The van der Waals surface area contributed by atoms with Crippen molar-refractivity contribution in [2.75, 3.05) is 13.7 Å². The quantitative estimate of drug-likeness (QED) is 0.847. The van der Waals surface area contributed by atoms with E-state index in [9.17, 15) is 4.79 Å².